The van der Waals surface area contributed by atoms with Crippen LogP contribution in [0.5, 0.6) is 0 Å². The molecule has 6 nitrogen and oxygen atoms in total. The first kappa shape index (κ1) is 17.5. The Labute approximate surface area is 165 Å². The molecule has 142 valence electrons. The first-order valence-corrected chi connectivity index (χ1v) is 10.1. The zero-order chi connectivity index (χ0) is 19.6. The number of carbonyl (C=O) groups is 3. The van der Waals surface area contributed by atoms with E-state index in [9.17, 15) is 14.4 Å². The van der Waals surface area contributed by atoms with Gasteiger partial charge in [0, 0.05) is 17.2 Å². The molecule has 1 saturated heterocycles. The standard InChI is InChI=1S/C21H17NO5S/c1-26-19(24)16-14-9-28-10-22(14)21(17(16)20(25)27-2)13-8-4-6-11-5-3-7-12(15(11)13)18(21)23/h3-8,14H,9-10H2,1-2H3. The molecule has 0 radical (unpaired) electrons. The van der Waals surface area contributed by atoms with Gasteiger partial charge >= 0.3 is 11.9 Å². The minimum atomic E-state index is -1.35. The maximum absolute atomic E-state index is 13.9. The van der Waals surface area contributed by atoms with Crippen molar-refractivity contribution >= 4 is 40.3 Å². The number of Topliss-reactive ketones (excluding diaryl/α,β-unsaturated/α-hetero) is 1. The number of benzene rings is 2. The summed E-state index contributed by atoms with van der Waals surface area (Å²) in [6, 6.07) is 10.9. The van der Waals surface area contributed by atoms with Crippen molar-refractivity contribution in [2.75, 3.05) is 25.8 Å². The van der Waals surface area contributed by atoms with Crippen molar-refractivity contribution in [3.05, 3.63) is 58.7 Å². The van der Waals surface area contributed by atoms with Crippen LogP contribution in [0.2, 0.25) is 0 Å². The van der Waals surface area contributed by atoms with Gasteiger partial charge in [-0.1, -0.05) is 36.4 Å². The molecule has 0 bridgehead atoms. The third-order valence-electron chi connectivity index (χ3n) is 5.94. The highest BCUT2D eigenvalue weighted by atomic mass is 32.2. The Hall–Kier alpha value is -2.64. The first-order valence-electron chi connectivity index (χ1n) is 8.90. The topological polar surface area (TPSA) is 72.9 Å². The number of ether oxygens (including phenoxy) is 2. The summed E-state index contributed by atoms with van der Waals surface area (Å²) in [6.45, 7) is 0. The highest BCUT2D eigenvalue weighted by Crippen LogP contribution is 2.57. The van der Waals surface area contributed by atoms with Crippen molar-refractivity contribution in [3.63, 3.8) is 0 Å². The van der Waals surface area contributed by atoms with Crippen LogP contribution in [0, 0.1) is 0 Å². The second-order valence-electron chi connectivity index (χ2n) is 7.01. The van der Waals surface area contributed by atoms with E-state index < -0.39 is 17.5 Å². The summed E-state index contributed by atoms with van der Waals surface area (Å²) in [5.41, 5.74) is 0.278. The van der Waals surface area contributed by atoms with E-state index in [4.69, 9.17) is 9.47 Å². The van der Waals surface area contributed by atoms with Crippen LogP contribution in [0.25, 0.3) is 10.8 Å². The predicted octanol–water partition coefficient (Wildman–Crippen LogP) is 2.26. The number of nitrogens with zero attached hydrogens (tertiary/aromatic N) is 1. The molecule has 2 unspecified atom stereocenters. The Bertz CT molecular complexity index is 1100. The minimum absolute atomic E-state index is 0.0980. The van der Waals surface area contributed by atoms with E-state index in [0.717, 1.165) is 16.3 Å². The van der Waals surface area contributed by atoms with Gasteiger partial charge in [0.15, 0.2) is 5.78 Å². The molecule has 0 amide bonds. The average Bonchev–Trinajstić information content (AvgIpc) is 3.37. The molecule has 2 atom stereocenters. The zero-order valence-corrected chi connectivity index (χ0v) is 16.2. The highest BCUT2D eigenvalue weighted by Gasteiger charge is 2.65. The van der Waals surface area contributed by atoms with Crippen molar-refractivity contribution in [1.29, 1.82) is 0 Å². The van der Waals surface area contributed by atoms with Gasteiger partial charge in [0.2, 0.25) is 0 Å². The molecule has 3 aliphatic rings. The molecule has 0 saturated carbocycles. The SMILES string of the molecule is COC(=O)C1=C(C(=O)OC)C2(C(=O)c3cccc4cccc2c34)N2CSCC12. The summed E-state index contributed by atoms with van der Waals surface area (Å²) in [7, 11) is 2.55. The molecule has 7 heteroatoms. The van der Waals surface area contributed by atoms with Crippen LogP contribution in [-0.2, 0) is 24.6 Å². The van der Waals surface area contributed by atoms with E-state index >= 15 is 0 Å². The number of methoxy groups -OCH3 is 2. The second-order valence-corrected chi connectivity index (χ2v) is 8.01. The molecule has 1 fully saturated rings. The van der Waals surface area contributed by atoms with Crippen LogP contribution in [0.15, 0.2) is 47.5 Å². The fourth-order valence-corrected chi connectivity index (χ4v) is 6.15. The number of rotatable bonds is 2. The number of fused-ring (bicyclic) bond motifs is 3. The lowest BCUT2D eigenvalue weighted by molar-refractivity contribution is -0.139. The molecule has 28 heavy (non-hydrogen) atoms. The lowest BCUT2D eigenvalue weighted by atomic mass is 9.81. The van der Waals surface area contributed by atoms with Crippen LogP contribution in [0.4, 0.5) is 0 Å². The van der Waals surface area contributed by atoms with Crippen LogP contribution >= 0.6 is 11.8 Å². The molecular formula is C21H17NO5S. The molecule has 1 aliphatic carbocycles. The van der Waals surface area contributed by atoms with Gasteiger partial charge in [0.05, 0.1) is 31.4 Å². The van der Waals surface area contributed by atoms with Crippen molar-refractivity contribution in [2.24, 2.45) is 0 Å². The van der Waals surface area contributed by atoms with Crippen molar-refractivity contribution < 1.29 is 23.9 Å². The summed E-state index contributed by atoms with van der Waals surface area (Å²) in [4.78, 5) is 41.5. The molecule has 2 aliphatic heterocycles. The number of carbonyl (C=O) groups excluding carboxylic acids is 3. The number of hydrogen-bond acceptors (Lipinski definition) is 7. The van der Waals surface area contributed by atoms with E-state index in [2.05, 4.69) is 0 Å². The van der Waals surface area contributed by atoms with Gasteiger partial charge in [-0.3, -0.25) is 9.69 Å². The van der Waals surface area contributed by atoms with Gasteiger partial charge < -0.3 is 9.47 Å². The fourth-order valence-electron chi connectivity index (χ4n) is 4.91. The van der Waals surface area contributed by atoms with Crippen LogP contribution in [-0.4, -0.2) is 54.5 Å². The quantitative estimate of drug-likeness (QED) is 0.722. The highest BCUT2D eigenvalue weighted by molar-refractivity contribution is 7.99. The fraction of sp³-hybridized carbons (Fsp3) is 0.286. The molecule has 5 rings (SSSR count). The molecule has 2 heterocycles. The summed E-state index contributed by atoms with van der Waals surface area (Å²) < 4.78 is 10.1. The van der Waals surface area contributed by atoms with Crippen LogP contribution < -0.4 is 0 Å². The summed E-state index contributed by atoms with van der Waals surface area (Å²) in [6.07, 6.45) is 0. The van der Waals surface area contributed by atoms with Crippen molar-refractivity contribution in [2.45, 2.75) is 11.6 Å². The monoisotopic (exact) mass is 395 g/mol. The Balaban J connectivity index is 1.92. The van der Waals surface area contributed by atoms with E-state index in [1.54, 1.807) is 17.8 Å². The number of thioether (sulfide) groups is 1. The summed E-state index contributed by atoms with van der Waals surface area (Å²) in [5.74, 6) is -0.316. The molecule has 0 aromatic heterocycles. The number of hydrogen-bond donors (Lipinski definition) is 0. The predicted molar refractivity (Wildman–Crippen MR) is 104 cm³/mol. The maximum Gasteiger partial charge on any atom is 0.337 e. The van der Waals surface area contributed by atoms with Gasteiger partial charge in [-0.15, -0.1) is 11.8 Å². The van der Waals surface area contributed by atoms with Gasteiger partial charge in [0.1, 0.15) is 5.54 Å². The third kappa shape index (κ3) is 1.85. The Morgan fingerprint density at radius 3 is 2.54 bits per heavy atom. The van der Waals surface area contributed by atoms with Crippen molar-refractivity contribution in [1.82, 2.24) is 4.90 Å². The number of esters is 2. The molecule has 2 aromatic carbocycles. The third-order valence-corrected chi connectivity index (χ3v) is 6.95. The molecule has 1 spiro atoms. The van der Waals surface area contributed by atoms with Gasteiger partial charge in [-0.2, -0.15) is 0 Å². The van der Waals surface area contributed by atoms with Gasteiger partial charge in [-0.05, 0) is 16.3 Å². The van der Waals surface area contributed by atoms with Gasteiger partial charge in [0.25, 0.3) is 0 Å². The van der Waals surface area contributed by atoms with E-state index in [1.807, 2.05) is 35.2 Å². The number of ketones is 1. The Morgan fingerprint density at radius 1 is 1.11 bits per heavy atom. The Kier molecular flexibility index (Phi) is 3.70. The largest absolute Gasteiger partial charge is 0.466 e. The molecular weight excluding hydrogens is 378 g/mol. The van der Waals surface area contributed by atoms with Gasteiger partial charge in [-0.25, -0.2) is 9.59 Å². The lowest BCUT2D eigenvalue weighted by Gasteiger charge is -2.35. The second kappa shape index (κ2) is 5.93. The van der Waals surface area contributed by atoms with Crippen molar-refractivity contribution in [3.8, 4) is 0 Å². The summed E-state index contributed by atoms with van der Waals surface area (Å²) in [5, 5.41) is 1.76. The average molecular weight is 395 g/mol. The van der Waals surface area contributed by atoms with Crippen LogP contribution in [0.3, 0.4) is 0 Å². The maximum atomic E-state index is 13.9. The molecule has 2 aromatic rings. The minimum Gasteiger partial charge on any atom is -0.466 e. The van der Waals surface area contributed by atoms with E-state index in [-0.39, 0.29) is 23.0 Å². The first-order chi connectivity index (χ1) is 13.6. The van der Waals surface area contributed by atoms with Crippen LogP contribution in [0.1, 0.15) is 15.9 Å². The van der Waals surface area contributed by atoms with E-state index in [1.165, 1.54) is 14.2 Å². The Morgan fingerprint density at radius 2 is 1.82 bits per heavy atom. The smallest absolute Gasteiger partial charge is 0.337 e. The van der Waals surface area contributed by atoms with E-state index in [0.29, 0.717) is 17.2 Å². The normalized spacial score (nSPS) is 25.6. The molecule has 0 N–H and O–H groups in total. The summed E-state index contributed by atoms with van der Waals surface area (Å²) >= 11 is 1.63. The zero-order valence-electron chi connectivity index (χ0n) is 15.4. The lowest BCUT2D eigenvalue weighted by Crippen LogP contribution is -2.50.